The number of carbonyl (C=O) groups excluding carboxylic acids is 1. The van der Waals surface area contributed by atoms with Crippen molar-refractivity contribution < 1.29 is 4.79 Å². The van der Waals surface area contributed by atoms with Crippen LogP contribution >= 0.6 is 47.8 Å². The van der Waals surface area contributed by atoms with Crippen molar-refractivity contribution in [2.75, 3.05) is 5.33 Å². The van der Waals surface area contributed by atoms with Gasteiger partial charge in [-0.1, -0.05) is 72.1 Å². The van der Waals surface area contributed by atoms with Crippen LogP contribution in [0.25, 0.3) is 0 Å². The summed E-state index contributed by atoms with van der Waals surface area (Å²) in [6, 6.07) is 7.90. The summed E-state index contributed by atoms with van der Waals surface area (Å²) in [7, 11) is 0. The maximum absolute atomic E-state index is 12.2. The van der Waals surface area contributed by atoms with Gasteiger partial charge in [0, 0.05) is 22.1 Å². The van der Waals surface area contributed by atoms with E-state index in [-0.39, 0.29) is 10.6 Å². The summed E-state index contributed by atoms with van der Waals surface area (Å²) >= 11 is 10.9. The minimum atomic E-state index is 0.203. The molecule has 1 aromatic carbocycles. The Morgan fingerprint density at radius 3 is 2.65 bits per heavy atom. The van der Waals surface area contributed by atoms with E-state index in [1.807, 2.05) is 24.3 Å². The van der Waals surface area contributed by atoms with E-state index in [0.29, 0.717) is 17.2 Å². The number of alkyl halides is 3. The second-order valence-corrected chi connectivity index (χ2v) is 7.14. The zero-order valence-electron chi connectivity index (χ0n) is 9.20. The fourth-order valence-corrected chi connectivity index (χ4v) is 4.42. The average molecular weight is 425 g/mol. The van der Waals surface area contributed by atoms with Crippen LogP contribution in [0, 0.1) is 5.92 Å². The van der Waals surface area contributed by atoms with Crippen LogP contribution in [-0.2, 0) is 0 Å². The molecule has 1 aromatic rings. The van der Waals surface area contributed by atoms with Crippen LogP contribution in [0.3, 0.4) is 0 Å². The first-order chi connectivity index (χ1) is 8.15. The quantitative estimate of drug-likeness (QED) is 0.488. The Morgan fingerprint density at radius 2 is 1.94 bits per heavy atom. The first-order valence-corrected chi connectivity index (χ1v) is 8.56. The molecule has 0 radical (unpaired) electrons. The smallest absolute Gasteiger partial charge is 0.163 e. The molecule has 0 aromatic heterocycles. The number of rotatable bonds is 2. The summed E-state index contributed by atoms with van der Waals surface area (Å²) in [5.74, 6) is 0.636. The summed E-state index contributed by atoms with van der Waals surface area (Å²) in [6.45, 7) is 0. The van der Waals surface area contributed by atoms with Crippen molar-refractivity contribution in [3.05, 3.63) is 35.4 Å². The van der Waals surface area contributed by atoms with E-state index in [2.05, 4.69) is 47.8 Å². The number of halogens is 3. The number of hydrogen-bond donors (Lipinski definition) is 0. The molecule has 2 rings (SSSR count). The van der Waals surface area contributed by atoms with Gasteiger partial charge in [0.05, 0.1) is 4.83 Å². The first-order valence-electron chi connectivity index (χ1n) is 5.61. The molecule has 0 bridgehead atoms. The van der Waals surface area contributed by atoms with E-state index in [4.69, 9.17) is 0 Å². The minimum Gasteiger partial charge on any atom is -0.294 e. The van der Waals surface area contributed by atoms with Gasteiger partial charge in [-0.3, -0.25) is 4.79 Å². The van der Waals surface area contributed by atoms with Crippen molar-refractivity contribution in [1.29, 1.82) is 0 Å². The van der Waals surface area contributed by atoms with Gasteiger partial charge in [0.25, 0.3) is 0 Å². The molecule has 0 spiro atoms. The Labute approximate surface area is 127 Å². The Balaban J connectivity index is 2.39. The number of carbonyl (C=O) groups is 1. The molecule has 0 heterocycles. The normalized spacial score (nSPS) is 28.6. The van der Waals surface area contributed by atoms with Crippen LogP contribution in [0.2, 0.25) is 0 Å². The van der Waals surface area contributed by atoms with Gasteiger partial charge in [-0.2, -0.15) is 0 Å². The lowest BCUT2D eigenvalue weighted by Gasteiger charge is -2.22. The number of fused-ring (bicyclic) bond motifs is 1. The molecule has 17 heavy (non-hydrogen) atoms. The predicted octanol–water partition coefficient (Wildman–Crippen LogP) is 4.87. The maximum atomic E-state index is 12.2. The van der Waals surface area contributed by atoms with Gasteiger partial charge in [-0.05, 0) is 17.9 Å². The molecule has 0 N–H and O–H groups in total. The molecule has 1 aliphatic rings. The SMILES string of the molecule is O=C1CC(CCBr)C(Br)C(Br)c2ccccc21. The standard InChI is InChI=1S/C13H13Br3O/c14-6-5-8-7-11(17)9-3-1-2-4-10(9)13(16)12(8)15/h1-4,8,12-13H,5-7H2. The van der Waals surface area contributed by atoms with Gasteiger partial charge >= 0.3 is 0 Å². The third kappa shape index (κ3) is 2.85. The molecule has 0 aliphatic heterocycles. The lowest BCUT2D eigenvalue weighted by Crippen LogP contribution is -2.19. The second-order valence-electron chi connectivity index (χ2n) is 4.30. The van der Waals surface area contributed by atoms with E-state index in [1.165, 1.54) is 0 Å². The fourth-order valence-electron chi connectivity index (χ4n) is 2.26. The molecule has 92 valence electrons. The lowest BCUT2D eigenvalue weighted by molar-refractivity contribution is 0.0964. The van der Waals surface area contributed by atoms with E-state index in [1.54, 1.807) is 0 Å². The molecule has 0 amide bonds. The number of benzene rings is 1. The van der Waals surface area contributed by atoms with Gasteiger partial charge in [0.2, 0.25) is 0 Å². The number of hydrogen-bond acceptors (Lipinski definition) is 1. The topological polar surface area (TPSA) is 17.1 Å². The third-order valence-electron chi connectivity index (χ3n) is 3.22. The van der Waals surface area contributed by atoms with E-state index < -0.39 is 0 Å². The molecule has 4 heteroatoms. The monoisotopic (exact) mass is 422 g/mol. The Hall–Kier alpha value is 0.330. The Kier molecular flexibility index (Phi) is 4.84. The van der Waals surface area contributed by atoms with E-state index >= 15 is 0 Å². The largest absolute Gasteiger partial charge is 0.294 e. The highest BCUT2D eigenvalue weighted by molar-refractivity contribution is 9.12. The van der Waals surface area contributed by atoms with Crippen molar-refractivity contribution >= 4 is 53.6 Å². The lowest BCUT2D eigenvalue weighted by atomic mass is 9.96. The van der Waals surface area contributed by atoms with Gasteiger partial charge in [-0.15, -0.1) is 0 Å². The van der Waals surface area contributed by atoms with Crippen molar-refractivity contribution in [3.63, 3.8) is 0 Å². The molecule has 3 atom stereocenters. The van der Waals surface area contributed by atoms with Gasteiger partial charge in [-0.25, -0.2) is 0 Å². The zero-order chi connectivity index (χ0) is 12.4. The summed E-state index contributed by atoms with van der Waals surface area (Å²) in [6.07, 6.45) is 1.64. The second kappa shape index (κ2) is 5.98. The summed E-state index contributed by atoms with van der Waals surface area (Å²) < 4.78 is 0. The molecule has 0 saturated carbocycles. The van der Waals surface area contributed by atoms with Crippen molar-refractivity contribution in [1.82, 2.24) is 0 Å². The number of ketones is 1. The van der Waals surface area contributed by atoms with Crippen LogP contribution in [-0.4, -0.2) is 15.9 Å². The molecule has 1 nitrogen and oxygen atoms in total. The molecular formula is C13H13Br3O. The highest BCUT2D eigenvalue weighted by Gasteiger charge is 2.34. The van der Waals surface area contributed by atoms with Gasteiger partial charge in [0.15, 0.2) is 5.78 Å². The first kappa shape index (κ1) is 13.8. The maximum Gasteiger partial charge on any atom is 0.163 e. The van der Waals surface area contributed by atoms with Crippen molar-refractivity contribution in [2.45, 2.75) is 22.5 Å². The molecule has 3 unspecified atom stereocenters. The molecule has 0 fully saturated rings. The van der Waals surface area contributed by atoms with Crippen LogP contribution < -0.4 is 0 Å². The van der Waals surface area contributed by atoms with E-state index in [0.717, 1.165) is 22.9 Å². The van der Waals surface area contributed by atoms with Crippen LogP contribution in [0.5, 0.6) is 0 Å². The van der Waals surface area contributed by atoms with E-state index in [9.17, 15) is 4.79 Å². The third-order valence-corrected chi connectivity index (χ3v) is 6.72. The summed E-state index contributed by atoms with van der Waals surface area (Å²) in [4.78, 5) is 12.7. The minimum absolute atomic E-state index is 0.203. The molecular weight excluding hydrogens is 412 g/mol. The van der Waals surface area contributed by atoms with Gasteiger partial charge in [0.1, 0.15) is 0 Å². The number of Topliss-reactive ketones (excluding diaryl/α,β-unsaturated/α-hetero) is 1. The fraction of sp³-hybridized carbons (Fsp3) is 0.462. The van der Waals surface area contributed by atoms with Crippen molar-refractivity contribution in [3.8, 4) is 0 Å². The summed E-state index contributed by atoms with van der Waals surface area (Å²) in [5.41, 5.74) is 1.98. The van der Waals surface area contributed by atoms with Crippen molar-refractivity contribution in [2.24, 2.45) is 5.92 Å². The highest BCUT2D eigenvalue weighted by atomic mass is 79.9. The van der Waals surface area contributed by atoms with Gasteiger partial charge < -0.3 is 0 Å². The van der Waals surface area contributed by atoms with Crippen LogP contribution in [0.15, 0.2) is 24.3 Å². The van der Waals surface area contributed by atoms with Crippen LogP contribution in [0.1, 0.15) is 33.6 Å². The Morgan fingerprint density at radius 1 is 1.24 bits per heavy atom. The molecule has 0 saturated heterocycles. The zero-order valence-corrected chi connectivity index (χ0v) is 14.0. The Bertz CT molecular complexity index is 419. The highest BCUT2D eigenvalue weighted by Crippen LogP contribution is 2.42. The summed E-state index contributed by atoms with van der Waals surface area (Å²) in [5, 5.41) is 0.934. The van der Waals surface area contributed by atoms with Crippen LogP contribution in [0.4, 0.5) is 0 Å². The average Bonchev–Trinajstić information content (AvgIpc) is 2.43. The molecule has 1 aliphatic carbocycles. The predicted molar refractivity (Wildman–Crippen MR) is 81.7 cm³/mol.